The van der Waals surface area contributed by atoms with Crippen LogP contribution < -0.4 is 9.46 Å². The molecule has 0 aliphatic carbocycles. The summed E-state index contributed by atoms with van der Waals surface area (Å²) in [6.45, 7) is 6.31. The highest BCUT2D eigenvalue weighted by Crippen LogP contribution is 2.29. The van der Waals surface area contributed by atoms with Crippen LogP contribution >= 0.6 is 0 Å². The van der Waals surface area contributed by atoms with Crippen LogP contribution in [0.15, 0.2) is 66.1 Å². The smallest absolute Gasteiger partial charge is 0.280 e. The Morgan fingerprint density at radius 1 is 1.17 bits per heavy atom. The van der Waals surface area contributed by atoms with Gasteiger partial charge in [0.1, 0.15) is 5.75 Å². The van der Waals surface area contributed by atoms with Gasteiger partial charge in [-0.3, -0.25) is 14.3 Å². The molecule has 4 atom stereocenters. The highest BCUT2D eigenvalue weighted by atomic mass is 32.2. The van der Waals surface area contributed by atoms with Crippen molar-refractivity contribution in [1.82, 2.24) is 19.4 Å². The third-order valence-electron chi connectivity index (χ3n) is 8.08. The molecule has 0 bridgehead atoms. The second-order valence-corrected chi connectivity index (χ2v) is 13.7. The molecular weight excluding hydrogens is 610 g/mol. The molecule has 0 radical (unpaired) electrons. The molecule has 2 aromatic carbocycles. The minimum Gasteiger partial charge on any atom is -0.490 e. The van der Waals surface area contributed by atoms with E-state index in [9.17, 15) is 23.1 Å². The van der Waals surface area contributed by atoms with E-state index in [4.69, 9.17) is 9.47 Å². The first-order valence-corrected chi connectivity index (χ1v) is 17.0. The number of fused-ring (bicyclic) bond motifs is 1. The largest absolute Gasteiger partial charge is 0.490 e. The number of anilines is 1. The molecule has 2 amide bonds. The van der Waals surface area contributed by atoms with E-state index in [-0.39, 0.29) is 47.4 Å². The average Bonchev–Trinajstić information content (AvgIpc) is 3.49. The second-order valence-electron chi connectivity index (χ2n) is 12.0. The van der Waals surface area contributed by atoms with E-state index in [0.29, 0.717) is 30.9 Å². The van der Waals surface area contributed by atoms with E-state index in [1.165, 1.54) is 23.2 Å². The molecule has 250 valence electrons. The number of hydrogen-bond donors (Lipinski definition) is 2. The molecule has 1 aromatic heterocycles. The summed E-state index contributed by atoms with van der Waals surface area (Å²) in [5.41, 5.74) is 0.901. The average molecular weight is 656 g/mol. The predicted molar refractivity (Wildman–Crippen MR) is 174 cm³/mol. The Morgan fingerprint density at radius 3 is 2.59 bits per heavy atom. The van der Waals surface area contributed by atoms with Crippen molar-refractivity contribution in [2.24, 2.45) is 13.0 Å². The van der Waals surface area contributed by atoms with Crippen molar-refractivity contribution in [3.05, 3.63) is 72.2 Å². The van der Waals surface area contributed by atoms with Crippen LogP contribution in [0.5, 0.6) is 5.75 Å². The summed E-state index contributed by atoms with van der Waals surface area (Å²) in [5, 5.41) is 10.0. The van der Waals surface area contributed by atoms with E-state index >= 15 is 0 Å². The molecule has 0 saturated carbocycles. The first-order chi connectivity index (χ1) is 21.9. The summed E-state index contributed by atoms with van der Waals surface area (Å²) in [5.74, 6) is -0.479. The van der Waals surface area contributed by atoms with Gasteiger partial charge >= 0.3 is 0 Å². The van der Waals surface area contributed by atoms with Gasteiger partial charge in [0.15, 0.2) is 5.03 Å². The fourth-order valence-corrected chi connectivity index (χ4v) is 6.37. The number of aliphatic hydroxyl groups is 1. The second kappa shape index (κ2) is 15.6. The van der Waals surface area contributed by atoms with Crippen LogP contribution in [0.4, 0.5) is 5.69 Å². The fourth-order valence-electron chi connectivity index (χ4n) is 5.34. The molecule has 1 aliphatic heterocycles. The van der Waals surface area contributed by atoms with Crippen LogP contribution in [0.25, 0.3) is 0 Å². The highest BCUT2D eigenvalue weighted by Gasteiger charge is 2.31. The number of amides is 2. The maximum Gasteiger partial charge on any atom is 0.280 e. The molecule has 46 heavy (non-hydrogen) atoms. The molecule has 4 rings (SSSR count). The zero-order valence-corrected chi connectivity index (χ0v) is 27.9. The van der Waals surface area contributed by atoms with Gasteiger partial charge in [0, 0.05) is 57.2 Å². The number of nitrogens with zero attached hydrogens (tertiary/aromatic N) is 4. The minimum atomic E-state index is -4.02. The summed E-state index contributed by atoms with van der Waals surface area (Å²) < 4.78 is 42.7. The molecule has 2 N–H and O–H groups in total. The van der Waals surface area contributed by atoms with Gasteiger partial charge in [0.05, 0.1) is 36.7 Å². The summed E-state index contributed by atoms with van der Waals surface area (Å²) in [6.07, 6.45) is 4.44. The van der Waals surface area contributed by atoms with E-state index < -0.39 is 28.1 Å². The number of rotatable bonds is 8. The summed E-state index contributed by atoms with van der Waals surface area (Å²) in [4.78, 5) is 34.6. The molecule has 0 spiro atoms. The zero-order chi connectivity index (χ0) is 33.4. The van der Waals surface area contributed by atoms with Gasteiger partial charge in [-0.1, -0.05) is 25.1 Å². The summed E-state index contributed by atoms with van der Waals surface area (Å²) in [7, 11) is -0.618. The Kier molecular flexibility index (Phi) is 11.8. The van der Waals surface area contributed by atoms with E-state index in [2.05, 4.69) is 9.71 Å². The normalized spacial score (nSPS) is 20.6. The number of ether oxygens (including phenoxy) is 2. The molecule has 3 aromatic rings. The molecule has 12 nitrogen and oxygen atoms in total. The van der Waals surface area contributed by atoms with Gasteiger partial charge in [-0.2, -0.15) is 8.42 Å². The van der Waals surface area contributed by atoms with Crippen molar-refractivity contribution in [3.8, 4) is 5.75 Å². The molecule has 0 saturated heterocycles. The number of hydrogen-bond acceptors (Lipinski definition) is 8. The van der Waals surface area contributed by atoms with Crippen molar-refractivity contribution in [2.75, 3.05) is 38.1 Å². The molecule has 0 unspecified atom stereocenters. The maximum atomic E-state index is 14.3. The third kappa shape index (κ3) is 8.86. The Morgan fingerprint density at radius 2 is 1.91 bits per heavy atom. The number of aryl methyl sites for hydroxylation is 1. The first-order valence-electron chi connectivity index (χ1n) is 15.5. The topological polar surface area (TPSA) is 143 Å². The maximum absolute atomic E-state index is 14.3. The van der Waals surface area contributed by atoms with E-state index in [1.54, 1.807) is 55.1 Å². The van der Waals surface area contributed by atoms with Crippen LogP contribution in [-0.2, 0) is 21.8 Å². The van der Waals surface area contributed by atoms with Crippen molar-refractivity contribution in [3.63, 3.8) is 0 Å². The highest BCUT2D eigenvalue weighted by molar-refractivity contribution is 7.92. The number of sulfonamides is 1. The van der Waals surface area contributed by atoms with Crippen LogP contribution in [0, 0.1) is 5.92 Å². The Bertz CT molecular complexity index is 1580. The van der Waals surface area contributed by atoms with Crippen LogP contribution in [0.2, 0.25) is 0 Å². The standard InChI is InChI=1S/C33H45N5O7S/c1-23-18-38(24(2)21-39)33(41)28-17-27(35-46(42,43)31-20-36(4)22-34-31)14-15-29(28)45-25(3)11-9-10-16-44-30(23)19-37(5)32(40)26-12-7-6-8-13-26/h6-8,12-15,17,20,22-25,30,35,39H,9-11,16,18-19,21H2,1-5H3/t23-,24-,25+,30+/m0/s1. The summed E-state index contributed by atoms with van der Waals surface area (Å²) >= 11 is 0. The number of benzene rings is 2. The van der Waals surface area contributed by atoms with E-state index in [1.807, 2.05) is 32.0 Å². The lowest BCUT2D eigenvalue weighted by molar-refractivity contribution is -0.0149. The first kappa shape index (κ1) is 34.9. The number of carbonyl (C=O) groups is 2. The molecule has 2 heterocycles. The van der Waals surface area contributed by atoms with Gasteiger partial charge in [0.2, 0.25) is 0 Å². The van der Waals surface area contributed by atoms with Crippen molar-refractivity contribution < 1.29 is 32.6 Å². The molecular formula is C33H45N5O7S. The van der Waals surface area contributed by atoms with Crippen LogP contribution in [0.3, 0.4) is 0 Å². The Balaban J connectivity index is 1.66. The van der Waals surface area contributed by atoms with Crippen molar-refractivity contribution in [1.29, 1.82) is 0 Å². The van der Waals surface area contributed by atoms with Gasteiger partial charge in [-0.15, -0.1) is 0 Å². The van der Waals surface area contributed by atoms with Crippen molar-refractivity contribution in [2.45, 2.75) is 63.3 Å². The number of imidazole rings is 1. The van der Waals surface area contributed by atoms with Gasteiger partial charge in [-0.05, 0) is 63.4 Å². The Hall–Kier alpha value is -3.94. The number of carbonyl (C=O) groups excluding carboxylic acids is 2. The van der Waals surface area contributed by atoms with Crippen molar-refractivity contribution >= 4 is 27.5 Å². The number of aromatic nitrogens is 2. The Labute approximate surface area is 271 Å². The quantitative estimate of drug-likeness (QED) is 0.373. The lowest BCUT2D eigenvalue weighted by Gasteiger charge is -2.36. The van der Waals surface area contributed by atoms with E-state index in [0.717, 1.165) is 12.8 Å². The molecule has 1 aliphatic rings. The van der Waals surface area contributed by atoms with Gasteiger partial charge in [-0.25, -0.2) is 4.98 Å². The lowest BCUT2D eigenvalue weighted by Crippen LogP contribution is -2.48. The number of aliphatic hydroxyl groups excluding tert-OH is 1. The zero-order valence-electron chi connectivity index (χ0n) is 27.1. The molecule has 0 fully saturated rings. The number of nitrogens with one attached hydrogen (secondary N) is 1. The molecule has 13 heteroatoms. The van der Waals surface area contributed by atoms with Gasteiger partial charge < -0.3 is 28.9 Å². The predicted octanol–water partition coefficient (Wildman–Crippen LogP) is 3.79. The van der Waals surface area contributed by atoms with Crippen LogP contribution in [0.1, 0.15) is 60.7 Å². The monoisotopic (exact) mass is 655 g/mol. The minimum absolute atomic E-state index is 0.131. The third-order valence-corrected chi connectivity index (χ3v) is 9.35. The number of likely N-dealkylation sites (N-methyl/N-ethyl adjacent to an activating group) is 1. The summed E-state index contributed by atoms with van der Waals surface area (Å²) in [6, 6.07) is 13.1. The fraction of sp³-hybridized carbons (Fsp3) is 0.485. The van der Waals surface area contributed by atoms with Crippen LogP contribution in [-0.4, -0.2) is 96.3 Å². The SMILES string of the molecule is C[C@@H]1CCCCO[C@H](CN(C)C(=O)c2ccccc2)[C@@H](C)CN([C@@H](C)CO)C(=O)c2cc(NS(=O)(=O)c3cn(C)cn3)ccc2O1. The lowest BCUT2D eigenvalue weighted by atomic mass is 10.0. The van der Waals surface area contributed by atoms with Gasteiger partial charge in [0.25, 0.3) is 21.8 Å².